The molecule has 0 radical (unpaired) electrons. The van der Waals surface area contributed by atoms with Gasteiger partial charge in [0.15, 0.2) is 0 Å². The van der Waals surface area contributed by atoms with Crippen LogP contribution in [0.2, 0.25) is 0 Å². The average molecular weight is 336 g/mol. The normalized spacial score (nSPS) is 11.2. The third-order valence-electron chi connectivity index (χ3n) is 4.00. The Hall–Kier alpha value is -2.73. The lowest BCUT2D eigenvalue weighted by Gasteiger charge is -2.04. The van der Waals surface area contributed by atoms with Gasteiger partial charge >= 0.3 is 0 Å². The maximum Gasteiger partial charge on any atom is 0.260 e. The molecule has 0 fully saturated rings. The van der Waals surface area contributed by atoms with Crippen molar-refractivity contribution in [1.82, 2.24) is 19.7 Å². The maximum absolute atomic E-state index is 12.7. The van der Waals surface area contributed by atoms with E-state index in [-0.39, 0.29) is 5.56 Å². The van der Waals surface area contributed by atoms with Crippen LogP contribution < -0.4 is 5.56 Å². The summed E-state index contributed by atoms with van der Waals surface area (Å²) in [6.07, 6.45) is 3.56. The second kappa shape index (κ2) is 5.72. The number of aromatic nitrogens is 4. The van der Waals surface area contributed by atoms with E-state index in [0.29, 0.717) is 17.8 Å². The van der Waals surface area contributed by atoms with E-state index in [1.807, 2.05) is 19.2 Å². The molecule has 120 valence electrons. The number of H-pyrrole nitrogens is 1. The number of thiophene rings is 1. The van der Waals surface area contributed by atoms with E-state index in [1.54, 1.807) is 22.2 Å². The lowest BCUT2D eigenvalue weighted by Crippen LogP contribution is -2.14. The molecule has 0 spiro atoms. The summed E-state index contributed by atoms with van der Waals surface area (Å²) in [4.78, 5) is 22.1. The molecule has 0 amide bonds. The summed E-state index contributed by atoms with van der Waals surface area (Å²) < 4.78 is 1.74. The Balaban J connectivity index is 1.86. The summed E-state index contributed by atoms with van der Waals surface area (Å²) in [6, 6.07) is 10.1. The van der Waals surface area contributed by atoms with Crippen LogP contribution in [0.5, 0.6) is 0 Å². The van der Waals surface area contributed by atoms with Gasteiger partial charge in [0, 0.05) is 22.8 Å². The number of fused-ring (bicyclic) bond motifs is 1. The van der Waals surface area contributed by atoms with E-state index in [2.05, 4.69) is 46.3 Å². The van der Waals surface area contributed by atoms with Gasteiger partial charge in [-0.05, 0) is 25.5 Å². The molecule has 0 saturated heterocycles. The zero-order valence-electron chi connectivity index (χ0n) is 13.4. The van der Waals surface area contributed by atoms with Crippen LogP contribution in [0.25, 0.3) is 21.3 Å². The zero-order chi connectivity index (χ0) is 16.7. The van der Waals surface area contributed by atoms with Gasteiger partial charge < -0.3 is 4.98 Å². The molecule has 0 bridgehead atoms. The molecule has 1 N–H and O–H groups in total. The van der Waals surface area contributed by atoms with Crippen molar-refractivity contribution in [2.75, 3.05) is 0 Å². The van der Waals surface area contributed by atoms with Gasteiger partial charge in [-0.15, -0.1) is 11.3 Å². The Morgan fingerprint density at radius 1 is 1.21 bits per heavy atom. The Morgan fingerprint density at radius 3 is 2.71 bits per heavy atom. The molecule has 24 heavy (non-hydrogen) atoms. The van der Waals surface area contributed by atoms with Crippen LogP contribution in [0.3, 0.4) is 0 Å². The fourth-order valence-corrected chi connectivity index (χ4v) is 3.92. The summed E-state index contributed by atoms with van der Waals surface area (Å²) >= 11 is 1.56. The SMILES string of the molecule is Cc1ccc(-c2c(C)sc3nc(Cn4cccn4)[nH]c(=O)c23)cc1. The van der Waals surface area contributed by atoms with Crippen LogP contribution in [0.4, 0.5) is 0 Å². The van der Waals surface area contributed by atoms with Gasteiger partial charge in [-0.2, -0.15) is 5.10 Å². The summed E-state index contributed by atoms with van der Waals surface area (Å²) in [5.41, 5.74) is 3.14. The molecule has 5 nitrogen and oxygen atoms in total. The summed E-state index contributed by atoms with van der Waals surface area (Å²) in [5, 5.41) is 4.83. The van der Waals surface area contributed by atoms with Crippen molar-refractivity contribution in [2.24, 2.45) is 0 Å². The lowest BCUT2D eigenvalue weighted by atomic mass is 10.0. The minimum absolute atomic E-state index is 0.0953. The fourth-order valence-electron chi connectivity index (χ4n) is 2.85. The van der Waals surface area contributed by atoms with Crippen molar-refractivity contribution >= 4 is 21.6 Å². The van der Waals surface area contributed by atoms with E-state index < -0.39 is 0 Å². The van der Waals surface area contributed by atoms with Crippen molar-refractivity contribution < 1.29 is 0 Å². The predicted molar refractivity (Wildman–Crippen MR) is 96.5 cm³/mol. The van der Waals surface area contributed by atoms with Crippen LogP contribution in [-0.2, 0) is 6.54 Å². The van der Waals surface area contributed by atoms with Gasteiger partial charge in [0.2, 0.25) is 0 Å². The summed E-state index contributed by atoms with van der Waals surface area (Å²) in [5.74, 6) is 0.618. The monoisotopic (exact) mass is 336 g/mol. The first-order valence-corrected chi connectivity index (χ1v) is 8.50. The Kier molecular flexibility index (Phi) is 3.54. The maximum atomic E-state index is 12.7. The molecule has 0 aliphatic carbocycles. The van der Waals surface area contributed by atoms with Crippen LogP contribution in [0.15, 0.2) is 47.5 Å². The van der Waals surface area contributed by atoms with Gasteiger partial charge in [0.1, 0.15) is 10.7 Å². The Labute approximate surface area is 142 Å². The van der Waals surface area contributed by atoms with Crippen LogP contribution in [0.1, 0.15) is 16.3 Å². The Morgan fingerprint density at radius 2 is 2.00 bits per heavy atom. The first kappa shape index (κ1) is 14.8. The number of aromatic amines is 1. The molecule has 0 aliphatic heterocycles. The molecule has 1 aromatic carbocycles. The Bertz CT molecular complexity index is 1060. The highest BCUT2D eigenvalue weighted by molar-refractivity contribution is 7.19. The topological polar surface area (TPSA) is 63.6 Å². The molecule has 0 unspecified atom stereocenters. The first-order valence-electron chi connectivity index (χ1n) is 7.68. The van der Waals surface area contributed by atoms with Gasteiger partial charge in [0.05, 0.1) is 11.9 Å². The fraction of sp³-hybridized carbons (Fsp3) is 0.167. The van der Waals surface area contributed by atoms with Crippen molar-refractivity contribution in [3.05, 3.63) is 69.3 Å². The van der Waals surface area contributed by atoms with E-state index >= 15 is 0 Å². The average Bonchev–Trinajstić information content (AvgIpc) is 3.16. The minimum atomic E-state index is -0.0953. The van der Waals surface area contributed by atoms with Crippen LogP contribution >= 0.6 is 11.3 Å². The molecule has 0 aliphatic rings. The first-order chi connectivity index (χ1) is 11.6. The molecule has 0 saturated carbocycles. The van der Waals surface area contributed by atoms with E-state index in [1.165, 1.54) is 5.56 Å². The molecule has 6 heteroatoms. The highest BCUT2D eigenvalue weighted by Gasteiger charge is 2.16. The number of hydrogen-bond donors (Lipinski definition) is 1. The minimum Gasteiger partial charge on any atom is -0.308 e. The van der Waals surface area contributed by atoms with Crippen molar-refractivity contribution in [3.63, 3.8) is 0 Å². The van der Waals surface area contributed by atoms with Crippen molar-refractivity contribution in [3.8, 4) is 11.1 Å². The predicted octanol–water partition coefficient (Wildman–Crippen LogP) is 3.51. The van der Waals surface area contributed by atoms with Gasteiger partial charge in [0.25, 0.3) is 5.56 Å². The number of nitrogens with one attached hydrogen (secondary N) is 1. The number of hydrogen-bond acceptors (Lipinski definition) is 4. The van der Waals surface area contributed by atoms with Gasteiger partial charge in [-0.25, -0.2) is 4.98 Å². The second-order valence-electron chi connectivity index (χ2n) is 5.80. The standard InChI is InChI=1S/C18H16N4OS/c1-11-4-6-13(7-5-11)15-12(2)24-18-16(15)17(23)20-14(21-18)10-22-9-3-8-19-22/h3-9H,10H2,1-2H3,(H,20,21,23). The smallest absolute Gasteiger partial charge is 0.260 e. The molecule has 0 atom stereocenters. The molecular weight excluding hydrogens is 320 g/mol. The summed E-state index contributed by atoms with van der Waals surface area (Å²) in [7, 11) is 0. The third-order valence-corrected chi connectivity index (χ3v) is 5.00. The number of benzene rings is 1. The number of aryl methyl sites for hydroxylation is 2. The summed E-state index contributed by atoms with van der Waals surface area (Å²) in [6.45, 7) is 4.54. The number of rotatable bonds is 3. The molecule has 4 aromatic rings. The van der Waals surface area contributed by atoms with Gasteiger partial charge in [-0.1, -0.05) is 29.8 Å². The molecule has 4 rings (SSSR count). The molecule has 3 aromatic heterocycles. The van der Waals surface area contributed by atoms with Gasteiger partial charge in [-0.3, -0.25) is 9.48 Å². The van der Waals surface area contributed by atoms with Crippen LogP contribution in [-0.4, -0.2) is 19.7 Å². The number of nitrogens with zero attached hydrogens (tertiary/aromatic N) is 3. The highest BCUT2D eigenvalue weighted by Crippen LogP contribution is 2.35. The largest absolute Gasteiger partial charge is 0.308 e. The van der Waals surface area contributed by atoms with E-state index in [9.17, 15) is 4.79 Å². The quantitative estimate of drug-likeness (QED) is 0.623. The lowest BCUT2D eigenvalue weighted by molar-refractivity contribution is 0.656. The second-order valence-corrected chi connectivity index (χ2v) is 7.00. The van der Waals surface area contributed by atoms with Crippen LogP contribution in [0, 0.1) is 13.8 Å². The molecule has 3 heterocycles. The van der Waals surface area contributed by atoms with Crippen molar-refractivity contribution in [2.45, 2.75) is 20.4 Å². The van der Waals surface area contributed by atoms with E-state index in [0.717, 1.165) is 20.8 Å². The highest BCUT2D eigenvalue weighted by atomic mass is 32.1. The van der Waals surface area contributed by atoms with E-state index in [4.69, 9.17) is 0 Å². The zero-order valence-corrected chi connectivity index (χ0v) is 14.2. The van der Waals surface area contributed by atoms with Crippen molar-refractivity contribution in [1.29, 1.82) is 0 Å². The molecular formula is C18H16N4OS. The third kappa shape index (κ3) is 2.55.